The van der Waals surface area contributed by atoms with Gasteiger partial charge >= 0.3 is 5.97 Å². The summed E-state index contributed by atoms with van der Waals surface area (Å²) in [6.45, 7) is 4.06. The first kappa shape index (κ1) is 15.7. The first-order valence-electron chi connectivity index (χ1n) is 6.46. The number of aliphatic hydroxyl groups is 1. The second kappa shape index (κ2) is 6.68. The van der Waals surface area contributed by atoms with Gasteiger partial charge in [-0.15, -0.1) is 0 Å². The number of nitrogens with two attached hydrogens (primary N) is 1. The summed E-state index contributed by atoms with van der Waals surface area (Å²) in [4.78, 5) is 12.2. The molecule has 4 heteroatoms. The van der Waals surface area contributed by atoms with Gasteiger partial charge in [-0.05, 0) is 24.8 Å². The summed E-state index contributed by atoms with van der Waals surface area (Å²) in [7, 11) is 1.37. The zero-order valence-electron chi connectivity index (χ0n) is 11.8. The van der Waals surface area contributed by atoms with Gasteiger partial charge in [0.25, 0.3) is 0 Å². The Kier molecular flexibility index (Phi) is 5.51. The van der Waals surface area contributed by atoms with Gasteiger partial charge in [-0.25, -0.2) is 0 Å². The van der Waals surface area contributed by atoms with Crippen LogP contribution in [0.5, 0.6) is 0 Å². The summed E-state index contributed by atoms with van der Waals surface area (Å²) in [5.74, 6) is -0.372. The van der Waals surface area contributed by atoms with E-state index in [1.807, 2.05) is 38.1 Å². The number of carbonyl (C=O) groups excluding carboxylic acids is 1. The lowest BCUT2D eigenvalue weighted by atomic mass is 9.74. The third-order valence-electron chi connectivity index (χ3n) is 3.54. The quantitative estimate of drug-likeness (QED) is 0.762. The molecule has 0 spiro atoms. The first-order chi connectivity index (χ1) is 9.00. The smallest absolute Gasteiger partial charge is 0.317 e. The second-order valence-electron chi connectivity index (χ2n) is 5.14. The minimum Gasteiger partial charge on any atom is -0.468 e. The molecule has 1 aromatic carbocycles. The fraction of sp³-hybridized carbons (Fsp3) is 0.533. The highest BCUT2D eigenvalue weighted by atomic mass is 16.5. The van der Waals surface area contributed by atoms with Crippen molar-refractivity contribution in [1.82, 2.24) is 0 Å². The van der Waals surface area contributed by atoms with Crippen molar-refractivity contribution in [2.45, 2.75) is 25.7 Å². The lowest BCUT2D eigenvalue weighted by molar-refractivity contribution is -0.148. The normalized spacial score (nSPS) is 15.6. The molecule has 0 fully saturated rings. The van der Waals surface area contributed by atoms with E-state index >= 15 is 0 Å². The third-order valence-corrected chi connectivity index (χ3v) is 3.54. The number of carbonyl (C=O) groups is 1. The Morgan fingerprint density at radius 1 is 1.42 bits per heavy atom. The highest BCUT2D eigenvalue weighted by molar-refractivity contribution is 5.83. The number of ether oxygens (including phenoxy) is 1. The molecule has 106 valence electrons. The molecule has 0 radical (unpaired) electrons. The zero-order chi connectivity index (χ0) is 14.5. The van der Waals surface area contributed by atoms with Gasteiger partial charge in [-0.2, -0.15) is 0 Å². The van der Waals surface area contributed by atoms with Gasteiger partial charge in [0.2, 0.25) is 0 Å². The monoisotopic (exact) mass is 265 g/mol. The zero-order valence-corrected chi connectivity index (χ0v) is 11.8. The Hall–Kier alpha value is -1.39. The lowest BCUT2D eigenvalue weighted by Crippen LogP contribution is -2.45. The van der Waals surface area contributed by atoms with Crippen LogP contribution in [-0.4, -0.2) is 31.3 Å². The van der Waals surface area contributed by atoms with Crippen LogP contribution in [0.4, 0.5) is 0 Å². The van der Waals surface area contributed by atoms with E-state index in [0.717, 1.165) is 11.1 Å². The van der Waals surface area contributed by atoms with Crippen LogP contribution in [0.3, 0.4) is 0 Å². The van der Waals surface area contributed by atoms with Crippen molar-refractivity contribution in [3.63, 3.8) is 0 Å². The summed E-state index contributed by atoms with van der Waals surface area (Å²) in [5, 5.41) is 9.25. The number of methoxy groups -OCH3 is 1. The maximum atomic E-state index is 12.2. The Labute approximate surface area is 114 Å². The lowest BCUT2D eigenvalue weighted by Gasteiger charge is -2.32. The number of hydrogen-bond acceptors (Lipinski definition) is 4. The van der Waals surface area contributed by atoms with Crippen molar-refractivity contribution >= 4 is 5.97 Å². The van der Waals surface area contributed by atoms with Crippen molar-refractivity contribution in [1.29, 1.82) is 0 Å². The van der Waals surface area contributed by atoms with Crippen LogP contribution >= 0.6 is 0 Å². The minimum absolute atomic E-state index is 0.0185. The Balaban J connectivity index is 3.23. The van der Waals surface area contributed by atoms with E-state index in [-0.39, 0.29) is 25.0 Å². The highest BCUT2D eigenvalue weighted by Gasteiger charge is 2.41. The van der Waals surface area contributed by atoms with Gasteiger partial charge in [-0.1, -0.05) is 36.8 Å². The summed E-state index contributed by atoms with van der Waals surface area (Å²) >= 11 is 0. The molecule has 4 nitrogen and oxygen atoms in total. The number of esters is 1. The molecule has 1 rings (SSSR count). The summed E-state index contributed by atoms with van der Waals surface area (Å²) < 4.78 is 4.94. The van der Waals surface area contributed by atoms with Gasteiger partial charge in [0.15, 0.2) is 0 Å². The van der Waals surface area contributed by atoms with E-state index in [2.05, 4.69) is 0 Å². The summed E-state index contributed by atoms with van der Waals surface area (Å²) in [5.41, 5.74) is 6.95. The molecule has 0 heterocycles. The van der Waals surface area contributed by atoms with Gasteiger partial charge in [-0.3, -0.25) is 4.79 Å². The van der Waals surface area contributed by atoms with Crippen LogP contribution in [0.25, 0.3) is 0 Å². The van der Waals surface area contributed by atoms with E-state index in [4.69, 9.17) is 10.5 Å². The molecule has 0 saturated heterocycles. The van der Waals surface area contributed by atoms with E-state index in [1.54, 1.807) is 0 Å². The average Bonchev–Trinajstić information content (AvgIpc) is 2.44. The molecule has 2 atom stereocenters. The van der Waals surface area contributed by atoms with Crippen LogP contribution in [0, 0.1) is 12.8 Å². The summed E-state index contributed by atoms with van der Waals surface area (Å²) in [6.07, 6.45) is 0.468. The number of aryl methyl sites for hydroxylation is 1. The second-order valence-corrected chi connectivity index (χ2v) is 5.14. The van der Waals surface area contributed by atoms with Crippen molar-refractivity contribution in [2.75, 3.05) is 20.3 Å². The van der Waals surface area contributed by atoms with E-state index in [9.17, 15) is 9.90 Å². The Morgan fingerprint density at radius 3 is 2.42 bits per heavy atom. The maximum Gasteiger partial charge on any atom is 0.317 e. The van der Waals surface area contributed by atoms with Gasteiger partial charge in [0.05, 0.1) is 7.11 Å². The Bertz CT molecular complexity index is 416. The molecule has 3 N–H and O–H groups in total. The topological polar surface area (TPSA) is 72.5 Å². The minimum atomic E-state index is -0.884. The molecule has 0 aromatic heterocycles. The molecule has 0 bridgehead atoms. The number of hydrogen-bond donors (Lipinski definition) is 2. The first-order valence-corrected chi connectivity index (χ1v) is 6.46. The fourth-order valence-corrected chi connectivity index (χ4v) is 2.33. The van der Waals surface area contributed by atoms with E-state index < -0.39 is 5.41 Å². The molecular formula is C15H23NO3. The molecule has 19 heavy (non-hydrogen) atoms. The number of benzene rings is 1. The van der Waals surface area contributed by atoms with Crippen LogP contribution < -0.4 is 5.73 Å². The molecule has 0 aliphatic carbocycles. The van der Waals surface area contributed by atoms with E-state index in [1.165, 1.54) is 7.11 Å². The van der Waals surface area contributed by atoms with Crippen LogP contribution in [-0.2, 0) is 14.9 Å². The van der Waals surface area contributed by atoms with Crippen LogP contribution in [0.1, 0.15) is 24.5 Å². The third kappa shape index (κ3) is 3.33. The van der Waals surface area contributed by atoms with Gasteiger partial charge < -0.3 is 15.6 Å². The fourth-order valence-electron chi connectivity index (χ4n) is 2.33. The van der Waals surface area contributed by atoms with Crippen molar-refractivity contribution in [2.24, 2.45) is 11.7 Å². The molecule has 1 aromatic rings. The summed E-state index contributed by atoms with van der Waals surface area (Å²) in [6, 6.07) is 7.71. The van der Waals surface area contributed by atoms with Crippen molar-refractivity contribution in [3.8, 4) is 0 Å². The molecular weight excluding hydrogens is 242 g/mol. The Morgan fingerprint density at radius 2 is 2.00 bits per heavy atom. The van der Waals surface area contributed by atoms with Crippen LogP contribution in [0.15, 0.2) is 24.3 Å². The standard InChI is InChI=1S/C15H23NO3/c1-11-4-6-13(7-5-11)15(10-16,14(18)19-3)8-12(2)9-17/h4-7,12,17H,8-10,16H2,1-3H3. The predicted molar refractivity (Wildman–Crippen MR) is 74.8 cm³/mol. The molecule has 0 aliphatic rings. The largest absolute Gasteiger partial charge is 0.468 e. The molecule has 0 amide bonds. The van der Waals surface area contributed by atoms with Crippen molar-refractivity contribution in [3.05, 3.63) is 35.4 Å². The SMILES string of the molecule is COC(=O)C(CN)(CC(C)CO)c1ccc(C)cc1. The van der Waals surface area contributed by atoms with Crippen molar-refractivity contribution < 1.29 is 14.6 Å². The van der Waals surface area contributed by atoms with Gasteiger partial charge in [0.1, 0.15) is 5.41 Å². The molecule has 0 aliphatic heterocycles. The molecule has 0 saturated carbocycles. The molecule has 2 unspecified atom stereocenters. The van der Waals surface area contributed by atoms with Gasteiger partial charge in [0, 0.05) is 13.2 Å². The average molecular weight is 265 g/mol. The maximum absolute atomic E-state index is 12.2. The van der Waals surface area contributed by atoms with Crippen LogP contribution in [0.2, 0.25) is 0 Å². The predicted octanol–water partition coefficient (Wildman–Crippen LogP) is 1.38. The van der Waals surface area contributed by atoms with E-state index in [0.29, 0.717) is 6.42 Å². The number of rotatable bonds is 6. The number of aliphatic hydroxyl groups excluding tert-OH is 1. The highest BCUT2D eigenvalue weighted by Crippen LogP contribution is 2.32.